The van der Waals surface area contributed by atoms with Gasteiger partial charge in [0.25, 0.3) is 5.91 Å². The van der Waals surface area contributed by atoms with Crippen molar-refractivity contribution in [3.63, 3.8) is 0 Å². The van der Waals surface area contributed by atoms with E-state index in [0.29, 0.717) is 45.8 Å². The number of fused-ring (bicyclic) bond motifs is 3. The van der Waals surface area contributed by atoms with Crippen molar-refractivity contribution in [2.45, 2.75) is 26.2 Å². The van der Waals surface area contributed by atoms with Crippen molar-refractivity contribution >= 4 is 34.2 Å². The second-order valence-corrected chi connectivity index (χ2v) is 11.9. The molecule has 1 aromatic heterocycles. The summed E-state index contributed by atoms with van der Waals surface area (Å²) < 4.78 is 4.92. The minimum absolute atomic E-state index is 0.0632. The number of carbonyl (C=O) groups is 2. The topological polar surface area (TPSA) is 107 Å². The van der Waals surface area contributed by atoms with Crippen molar-refractivity contribution in [2.24, 2.45) is 16.8 Å². The number of esters is 1. The molecule has 6 rings (SSSR count). The summed E-state index contributed by atoms with van der Waals surface area (Å²) >= 11 is 0. The number of nitrogens with zero attached hydrogens (tertiary/aromatic N) is 3. The highest BCUT2D eigenvalue weighted by atomic mass is 16.7. The number of benzene rings is 3. The Morgan fingerprint density at radius 3 is 2.41 bits per heavy atom. The highest BCUT2D eigenvalue weighted by molar-refractivity contribution is 6.22. The zero-order chi connectivity index (χ0) is 30.8. The number of aromatic amines is 1. The number of likely N-dealkylation sites (tertiary alicyclic amines) is 1. The molecule has 1 saturated carbocycles. The van der Waals surface area contributed by atoms with E-state index in [1.54, 1.807) is 37.4 Å². The number of aliphatic imine (C=N–C) groups is 1. The van der Waals surface area contributed by atoms with Crippen molar-refractivity contribution in [3.05, 3.63) is 94.5 Å². The first-order valence-electron chi connectivity index (χ1n) is 15.1. The molecular formula is C35H38N4O5. The van der Waals surface area contributed by atoms with Crippen LogP contribution in [0.3, 0.4) is 0 Å². The second kappa shape index (κ2) is 12.6. The summed E-state index contributed by atoms with van der Waals surface area (Å²) in [4.78, 5) is 41.5. The lowest BCUT2D eigenvalue weighted by Crippen LogP contribution is -2.39. The lowest BCUT2D eigenvalue weighted by molar-refractivity contribution is -0.111. The Bertz CT molecular complexity index is 1680. The highest BCUT2D eigenvalue weighted by Crippen LogP contribution is 2.36. The smallest absolute Gasteiger partial charge is 0.338 e. The van der Waals surface area contributed by atoms with Crippen LogP contribution in [-0.2, 0) is 9.57 Å². The number of H-pyrrole nitrogens is 1. The van der Waals surface area contributed by atoms with E-state index in [9.17, 15) is 14.7 Å². The fourth-order valence-corrected chi connectivity index (χ4v) is 6.62. The molecule has 2 fully saturated rings. The standard InChI is InChI=1S/C35H38N4O5/c1-22-17-29-30(19-28(22)35(42)43-3)37-33(40)31(29)32(25-7-5-4-6-8-25)36-27-13-11-26(12-14-27)34(41)38(2)44-16-15-39-20-23-9-10-24(18-23)21-39/h4-8,11-14,17,19,23-24,37,40H,9-10,15-16,18,20-21H2,1-3H3. The molecule has 9 heteroatoms. The Kier molecular flexibility index (Phi) is 8.50. The Labute approximate surface area is 257 Å². The monoisotopic (exact) mass is 594 g/mol. The van der Waals surface area contributed by atoms with E-state index >= 15 is 0 Å². The molecule has 1 saturated heterocycles. The third kappa shape index (κ3) is 6.11. The van der Waals surface area contributed by atoms with Crippen molar-refractivity contribution in [1.29, 1.82) is 0 Å². The number of aromatic hydroxyl groups is 1. The fourth-order valence-electron chi connectivity index (χ4n) is 6.62. The Morgan fingerprint density at radius 1 is 1.02 bits per heavy atom. The SMILES string of the molecule is COC(=O)c1cc2[nH]c(O)c(C(=Nc3ccc(C(=O)N(C)OCCN4CC5CCC(C5)C4)cc3)c3ccccc3)c2cc1C. The number of piperidine rings is 1. The van der Waals surface area contributed by atoms with Gasteiger partial charge in [-0.3, -0.25) is 9.63 Å². The molecule has 2 heterocycles. The van der Waals surface area contributed by atoms with E-state index < -0.39 is 5.97 Å². The normalized spacial score (nSPS) is 18.5. The molecule has 44 heavy (non-hydrogen) atoms. The largest absolute Gasteiger partial charge is 0.494 e. The van der Waals surface area contributed by atoms with E-state index in [2.05, 4.69) is 9.88 Å². The van der Waals surface area contributed by atoms with E-state index in [0.717, 1.165) is 42.4 Å². The number of methoxy groups -OCH3 is 1. The molecular weight excluding hydrogens is 556 g/mol. The summed E-state index contributed by atoms with van der Waals surface area (Å²) in [6, 6.07) is 20.1. The van der Waals surface area contributed by atoms with Crippen LogP contribution in [0, 0.1) is 18.8 Å². The van der Waals surface area contributed by atoms with Crippen LogP contribution in [0.2, 0.25) is 0 Å². The van der Waals surface area contributed by atoms with Gasteiger partial charge >= 0.3 is 5.97 Å². The minimum atomic E-state index is -0.448. The number of nitrogens with one attached hydrogen (secondary N) is 1. The summed E-state index contributed by atoms with van der Waals surface area (Å²) in [5.74, 6) is 0.900. The first-order valence-corrected chi connectivity index (χ1v) is 15.1. The van der Waals surface area contributed by atoms with Gasteiger partial charge in [0.1, 0.15) is 0 Å². The Balaban J connectivity index is 1.22. The number of hydroxylamine groups is 2. The van der Waals surface area contributed by atoms with Gasteiger partial charge in [0.15, 0.2) is 5.88 Å². The summed E-state index contributed by atoms with van der Waals surface area (Å²) in [6.45, 7) is 5.39. The molecule has 4 aromatic rings. The summed E-state index contributed by atoms with van der Waals surface area (Å²) in [5, 5.41) is 13.1. The molecule has 2 unspecified atom stereocenters. The molecule has 2 bridgehead atoms. The molecule has 3 aromatic carbocycles. The predicted molar refractivity (Wildman–Crippen MR) is 170 cm³/mol. The third-order valence-electron chi connectivity index (χ3n) is 8.83. The maximum atomic E-state index is 13.1. The number of carbonyl (C=O) groups excluding carboxylic acids is 2. The predicted octanol–water partition coefficient (Wildman–Crippen LogP) is 5.87. The third-order valence-corrected chi connectivity index (χ3v) is 8.83. The summed E-state index contributed by atoms with van der Waals surface area (Å²) in [6.07, 6.45) is 4.05. The van der Waals surface area contributed by atoms with Crippen LogP contribution in [0.1, 0.15) is 56.7 Å². The van der Waals surface area contributed by atoms with Crippen LogP contribution in [0.15, 0.2) is 71.7 Å². The molecule has 1 amide bonds. The molecule has 1 aliphatic heterocycles. The first-order chi connectivity index (χ1) is 21.3. The zero-order valence-corrected chi connectivity index (χ0v) is 25.4. The molecule has 1 aliphatic carbocycles. The van der Waals surface area contributed by atoms with Crippen LogP contribution in [0.25, 0.3) is 10.9 Å². The molecule has 2 N–H and O–H groups in total. The number of aromatic nitrogens is 1. The van der Waals surface area contributed by atoms with Gasteiger partial charge in [-0.1, -0.05) is 30.3 Å². The zero-order valence-electron chi connectivity index (χ0n) is 25.4. The van der Waals surface area contributed by atoms with Crippen LogP contribution in [0.5, 0.6) is 5.88 Å². The van der Waals surface area contributed by atoms with E-state index in [1.165, 1.54) is 31.4 Å². The maximum Gasteiger partial charge on any atom is 0.338 e. The van der Waals surface area contributed by atoms with Gasteiger partial charge in [-0.2, -0.15) is 0 Å². The molecule has 9 nitrogen and oxygen atoms in total. The molecule has 0 radical (unpaired) electrons. The Hall–Kier alpha value is -4.47. The van der Waals surface area contributed by atoms with Crippen molar-refractivity contribution < 1.29 is 24.3 Å². The minimum Gasteiger partial charge on any atom is -0.494 e. The highest BCUT2D eigenvalue weighted by Gasteiger charge is 2.32. The van der Waals surface area contributed by atoms with Crippen LogP contribution in [-0.4, -0.2) is 78.0 Å². The van der Waals surface area contributed by atoms with E-state index in [4.69, 9.17) is 14.6 Å². The van der Waals surface area contributed by atoms with E-state index in [1.807, 2.05) is 43.3 Å². The molecule has 228 valence electrons. The Morgan fingerprint density at radius 2 is 1.73 bits per heavy atom. The second-order valence-electron chi connectivity index (χ2n) is 11.9. The summed E-state index contributed by atoms with van der Waals surface area (Å²) in [7, 11) is 2.99. The fraction of sp³-hybridized carbons (Fsp3) is 0.343. The quantitative estimate of drug-likeness (QED) is 0.143. The van der Waals surface area contributed by atoms with Gasteiger partial charge in [0.2, 0.25) is 0 Å². The number of ether oxygens (including phenoxy) is 1. The maximum absolute atomic E-state index is 13.1. The van der Waals surface area contributed by atoms with Crippen LogP contribution < -0.4 is 0 Å². The van der Waals surface area contributed by atoms with Crippen molar-refractivity contribution in [1.82, 2.24) is 14.9 Å². The summed E-state index contributed by atoms with van der Waals surface area (Å²) in [5.41, 5.74) is 4.68. The van der Waals surface area contributed by atoms with Gasteiger partial charge in [-0.05, 0) is 80.0 Å². The number of amides is 1. The van der Waals surface area contributed by atoms with Crippen LogP contribution >= 0.6 is 0 Å². The molecule has 2 atom stereocenters. The number of hydrogen-bond donors (Lipinski definition) is 2. The number of aryl methyl sites for hydroxylation is 1. The van der Waals surface area contributed by atoms with E-state index in [-0.39, 0.29) is 11.8 Å². The lowest BCUT2D eigenvalue weighted by Gasteiger charge is -2.31. The van der Waals surface area contributed by atoms with Crippen molar-refractivity contribution in [3.8, 4) is 5.88 Å². The number of hydrogen-bond acceptors (Lipinski definition) is 7. The van der Waals surface area contributed by atoms with Gasteiger partial charge in [0.05, 0.1) is 36.2 Å². The number of rotatable bonds is 9. The van der Waals surface area contributed by atoms with Crippen molar-refractivity contribution in [2.75, 3.05) is 40.4 Å². The van der Waals surface area contributed by atoms with Gasteiger partial charge < -0.3 is 19.7 Å². The lowest BCUT2D eigenvalue weighted by atomic mass is 9.98. The van der Waals surface area contributed by atoms with Gasteiger partial charge in [-0.25, -0.2) is 14.9 Å². The van der Waals surface area contributed by atoms with Gasteiger partial charge in [0, 0.05) is 48.7 Å². The molecule has 0 spiro atoms. The average Bonchev–Trinajstić information content (AvgIpc) is 3.55. The first kappa shape index (κ1) is 29.6. The molecule has 2 aliphatic rings. The van der Waals surface area contributed by atoms with Gasteiger partial charge in [-0.15, -0.1) is 0 Å². The van der Waals surface area contributed by atoms with Crippen LogP contribution in [0.4, 0.5) is 5.69 Å². The average molecular weight is 595 g/mol.